The fraction of sp³-hybridized carbons (Fsp3) is 0.348. The van der Waals surface area contributed by atoms with Crippen molar-refractivity contribution in [2.24, 2.45) is 0 Å². The van der Waals surface area contributed by atoms with Gasteiger partial charge in [-0.05, 0) is 24.3 Å². The van der Waals surface area contributed by atoms with Crippen molar-refractivity contribution in [2.75, 3.05) is 11.5 Å². The Morgan fingerprint density at radius 1 is 0.844 bits per heavy atom. The summed E-state index contributed by atoms with van der Waals surface area (Å²) in [5.41, 5.74) is 1.74. The molecule has 2 heterocycles. The van der Waals surface area contributed by atoms with Gasteiger partial charge in [0.15, 0.2) is 18.4 Å². The molecule has 0 amide bonds. The third-order valence-electron chi connectivity index (χ3n) is 5.06. The van der Waals surface area contributed by atoms with Crippen molar-refractivity contribution in [1.82, 2.24) is 0 Å². The van der Waals surface area contributed by atoms with Crippen molar-refractivity contribution in [3.63, 3.8) is 0 Å². The van der Waals surface area contributed by atoms with Gasteiger partial charge < -0.3 is 23.8 Å². The average molecular weight is 458 g/mol. The molecular formula is C23H23NO7S. The first-order chi connectivity index (χ1) is 15.3. The average Bonchev–Trinajstić information content (AvgIpc) is 3.06. The molecule has 0 aliphatic carbocycles. The van der Waals surface area contributed by atoms with Crippen molar-refractivity contribution in [3.05, 3.63) is 48.5 Å². The Balaban J connectivity index is 1.79. The lowest BCUT2D eigenvalue weighted by Crippen LogP contribution is -2.46. The first-order valence-electron chi connectivity index (χ1n) is 10.1. The summed E-state index contributed by atoms with van der Waals surface area (Å²) in [6, 6.07) is 15.6. The van der Waals surface area contributed by atoms with Crippen LogP contribution in [0.15, 0.2) is 58.3 Å². The summed E-state index contributed by atoms with van der Waals surface area (Å²) < 4.78 is 22.6. The van der Waals surface area contributed by atoms with Crippen LogP contribution in [0, 0.1) is 0 Å². The Labute approximate surface area is 189 Å². The number of rotatable bonds is 5. The van der Waals surface area contributed by atoms with E-state index in [0.29, 0.717) is 0 Å². The molecule has 2 aliphatic rings. The first-order valence-corrected chi connectivity index (χ1v) is 10.9. The highest BCUT2D eigenvalue weighted by molar-refractivity contribution is 7.99. The van der Waals surface area contributed by atoms with E-state index in [1.54, 1.807) is 11.8 Å². The lowest BCUT2D eigenvalue weighted by atomic mass is 10.1. The van der Waals surface area contributed by atoms with E-state index < -0.39 is 42.4 Å². The summed E-state index contributed by atoms with van der Waals surface area (Å²) in [4.78, 5) is 39.2. The van der Waals surface area contributed by atoms with Crippen LogP contribution in [0.4, 0.5) is 11.4 Å². The Hall–Kier alpha value is -3.04. The monoisotopic (exact) mass is 457 g/mol. The van der Waals surface area contributed by atoms with Gasteiger partial charge >= 0.3 is 17.9 Å². The van der Waals surface area contributed by atoms with Crippen LogP contribution in [0.25, 0.3) is 0 Å². The summed E-state index contributed by atoms with van der Waals surface area (Å²) in [6.07, 6.45) is -3.52. The van der Waals surface area contributed by atoms with Crippen molar-refractivity contribution >= 4 is 41.0 Å². The van der Waals surface area contributed by atoms with Gasteiger partial charge in [-0.3, -0.25) is 14.4 Å². The number of carbonyl (C=O) groups excluding carboxylic acids is 3. The number of esters is 3. The molecule has 8 nitrogen and oxygen atoms in total. The number of para-hydroxylation sites is 2. The van der Waals surface area contributed by atoms with Crippen LogP contribution in [0.5, 0.6) is 0 Å². The Morgan fingerprint density at radius 3 is 1.91 bits per heavy atom. The molecule has 9 heteroatoms. The Kier molecular flexibility index (Phi) is 6.38. The molecule has 0 unspecified atom stereocenters. The summed E-state index contributed by atoms with van der Waals surface area (Å²) in [5.74, 6) is -1.59. The van der Waals surface area contributed by atoms with E-state index in [4.69, 9.17) is 18.9 Å². The number of ether oxygens (including phenoxy) is 4. The predicted octanol–water partition coefficient (Wildman–Crippen LogP) is 3.44. The molecule has 2 aliphatic heterocycles. The predicted molar refractivity (Wildman–Crippen MR) is 116 cm³/mol. The number of carbonyl (C=O) groups is 3. The molecule has 0 aromatic heterocycles. The largest absolute Gasteiger partial charge is 0.463 e. The molecule has 2 aromatic rings. The van der Waals surface area contributed by atoms with Gasteiger partial charge in [0.2, 0.25) is 0 Å². The molecule has 1 fully saturated rings. The molecule has 0 spiro atoms. The van der Waals surface area contributed by atoms with Gasteiger partial charge in [-0.15, -0.1) is 0 Å². The topological polar surface area (TPSA) is 91.4 Å². The number of nitrogens with zero attached hydrogens (tertiary/aromatic N) is 1. The van der Waals surface area contributed by atoms with Crippen molar-refractivity contribution in [3.8, 4) is 0 Å². The zero-order valence-corrected chi connectivity index (χ0v) is 18.7. The maximum Gasteiger partial charge on any atom is 0.303 e. The van der Waals surface area contributed by atoms with Crippen LogP contribution >= 0.6 is 11.8 Å². The summed E-state index contributed by atoms with van der Waals surface area (Å²) >= 11 is 1.63. The fourth-order valence-corrected chi connectivity index (χ4v) is 4.98. The molecular weight excluding hydrogens is 434 g/mol. The van der Waals surface area contributed by atoms with Crippen LogP contribution in [0.1, 0.15) is 20.8 Å². The Bertz CT molecular complexity index is 997. The minimum Gasteiger partial charge on any atom is -0.463 e. The van der Waals surface area contributed by atoms with Gasteiger partial charge in [-0.1, -0.05) is 36.0 Å². The second-order valence-electron chi connectivity index (χ2n) is 7.42. The van der Waals surface area contributed by atoms with E-state index in [0.717, 1.165) is 21.2 Å². The summed E-state index contributed by atoms with van der Waals surface area (Å²) in [5, 5.41) is 0. The van der Waals surface area contributed by atoms with E-state index in [1.165, 1.54) is 20.8 Å². The van der Waals surface area contributed by atoms with Crippen LogP contribution in [0.3, 0.4) is 0 Å². The van der Waals surface area contributed by atoms with E-state index in [-0.39, 0.29) is 6.61 Å². The van der Waals surface area contributed by atoms with Gasteiger partial charge in [0.25, 0.3) is 0 Å². The molecule has 0 bridgehead atoms. The molecule has 0 N–H and O–H groups in total. The fourth-order valence-electron chi connectivity index (χ4n) is 3.91. The van der Waals surface area contributed by atoms with E-state index in [2.05, 4.69) is 0 Å². The van der Waals surface area contributed by atoms with Crippen molar-refractivity contribution < 1.29 is 33.3 Å². The van der Waals surface area contributed by atoms with Gasteiger partial charge in [-0.25, -0.2) is 0 Å². The minimum atomic E-state index is -0.949. The lowest BCUT2D eigenvalue weighted by Gasteiger charge is -2.38. The van der Waals surface area contributed by atoms with Crippen LogP contribution in [-0.4, -0.2) is 49.1 Å². The highest BCUT2D eigenvalue weighted by Gasteiger charge is 2.53. The van der Waals surface area contributed by atoms with Crippen LogP contribution in [-0.2, 0) is 33.3 Å². The highest BCUT2D eigenvalue weighted by Crippen LogP contribution is 2.50. The normalized spacial score (nSPS) is 23.7. The minimum absolute atomic E-state index is 0.145. The zero-order chi connectivity index (χ0) is 22.8. The van der Waals surface area contributed by atoms with Crippen LogP contribution in [0.2, 0.25) is 0 Å². The van der Waals surface area contributed by atoms with Gasteiger partial charge in [0.05, 0.1) is 11.4 Å². The number of anilines is 2. The Morgan fingerprint density at radius 2 is 1.38 bits per heavy atom. The van der Waals surface area contributed by atoms with E-state index in [1.807, 2.05) is 53.4 Å². The number of fused-ring (bicyclic) bond motifs is 2. The molecule has 2 aromatic carbocycles. The molecule has 32 heavy (non-hydrogen) atoms. The number of hydrogen-bond donors (Lipinski definition) is 0. The number of benzene rings is 2. The summed E-state index contributed by atoms with van der Waals surface area (Å²) in [6.45, 7) is 3.69. The van der Waals surface area contributed by atoms with E-state index >= 15 is 0 Å². The first kappa shape index (κ1) is 22.2. The molecule has 0 saturated carbocycles. The third kappa shape index (κ3) is 4.44. The second-order valence-corrected chi connectivity index (χ2v) is 8.51. The van der Waals surface area contributed by atoms with Gasteiger partial charge in [0.1, 0.15) is 12.7 Å². The SMILES string of the molecule is CC(=O)OC[C@H]1O[C@@H](N2c3ccccc3Sc3ccccc32)[C@H](OC(C)=O)[C@@H]1OC(C)=O. The smallest absolute Gasteiger partial charge is 0.303 e. The third-order valence-corrected chi connectivity index (χ3v) is 6.19. The zero-order valence-electron chi connectivity index (χ0n) is 17.8. The van der Waals surface area contributed by atoms with Crippen LogP contribution < -0.4 is 4.90 Å². The number of hydrogen-bond acceptors (Lipinski definition) is 9. The quantitative estimate of drug-likeness (QED) is 0.494. The van der Waals surface area contributed by atoms with Gasteiger partial charge in [-0.2, -0.15) is 0 Å². The second kappa shape index (κ2) is 9.22. The highest BCUT2D eigenvalue weighted by atomic mass is 32.2. The molecule has 0 radical (unpaired) electrons. The maximum atomic E-state index is 12.0. The van der Waals surface area contributed by atoms with E-state index in [9.17, 15) is 14.4 Å². The molecule has 1 saturated heterocycles. The lowest BCUT2D eigenvalue weighted by molar-refractivity contribution is -0.165. The standard InChI is InChI=1S/C23H23NO7S/c1-13(25)28-12-18-21(29-14(2)26)22(30-15(3)27)23(31-18)24-16-8-4-6-10-19(16)32-20-11-7-5-9-17(20)24/h4-11,18,21-23H,12H2,1-3H3/t18-,21-,22-,23-/m1/s1. The van der Waals surface area contributed by atoms with Gasteiger partial charge in [0, 0.05) is 30.6 Å². The molecule has 168 valence electrons. The molecule has 4 atom stereocenters. The summed E-state index contributed by atoms with van der Waals surface area (Å²) in [7, 11) is 0. The maximum absolute atomic E-state index is 12.0. The molecule has 4 rings (SSSR count). The van der Waals surface area contributed by atoms with Crippen molar-refractivity contribution in [2.45, 2.75) is 55.1 Å². The van der Waals surface area contributed by atoms with Crippen molar-refractivity contribution in [1.29, 1.82) is 0 Å².